The smallest absolute Gasteiger partial charge is 0.257 e. The van der Waals surface area contributed by atoms with Crippen LogP contribution in [-0.2, 0) is 0 Å². The Kier molecular flexibility index (Phi) is 4.23. The van der Waals surface area contributed by atoms with Gasteiger partial charge in [0.2, 0.25) is 0 Å². The predicted octanol–water partition coefficient (Wildman–Crippen LogP) is 2.37. The minimum absolute atomic E-state index is 0.0358. The molecule has 1 atom stereocenters. The molecule has 1 aromatic carbocycles. The number of hydrogen-bond acceptors (Lipinski definition) is 4. The Balaban J connectivity index is 1.77. The van der Waals surface area contributed by atoms with E-state index in [1.807, 2.05) is 30.0 Å². The third-order valence-corrected chi connectivity index (χ3v) is 4.38. The van der Waals surface area contributed by atoms with E-state index in [0.717, 1.165) is 35.7 Å². The molecule has 2 heterocycles. The van der Waals surface area contributed by atoms with Crippen LogP contribution in [0.5, 0.6) is 11.5 Å². The molecule has 1 fully saturated rings. The van der Waals surface area contributed by atoms with E-state index in [4.69, 9.17) is 9.47 Å². The average Bonchev–Trinajstić information content (AvgIpc) is 3.22. The molecular formula is C17H21N3O3. The molecule has 6 nitrogen and oxygen atoms in total. The molecule has 0 unspecified atom stereocenters. The van der Waals surface area contributed by atoms with Crippen molar-refractivity contribution >= 4 is 5.91 Å². The number of likely N-dealkylation sites (tertiary alicyclic amines) is 1. The second-order valence-corrected chi connectivity index (χ2v) is 5.79. The summed E-state index contributed by atoms with van der Waals surface area (Å²) in [5, 5.41) is 6.75. The summed E-state index contributed by atoms with van der Waals surface area (Å²) in [5.41, 5.74) is 2.59. The lowest BCUT2D eigenvalue weighted by Gasteiger charge is -2.17. The molecule has 122 valence electrons. The van der Waals surface area contributed by atoms with Gasteiger partial charge in [0.15, 0.2) is 0 Å². The molecule has 0 aliphatic carbocycles. The predicted molar refractivity (Wildman–Crippen MR) is 86.1 cm³/mol. The van der Waals surface area contributed by atoms with Gasteiger partial charge >= 0.3 is 0 Å². The van der Waals surface area contributed by atoms with Gasteiger partial charge < -0.3 is 14.4 Å². The standard InChI is InChI=1S/C17H21N3O3/c1-11-16(9-18-19-11)17(21)20-5-4-12(10-20)13-6-14(22-2)8-15(7-13)23-3/h6-9,12H,4-5,10H2,1-3H3,(H,18,19)/t12-/m0/s1. The van der Waals surface area contributed by atoms with Crippen molar-refractivity contribution in [3.63, 3.8) is 0 Å². The Morgan fingerprint density at radius 1 is 1.26 bits per heavy atom. The highest BCUT2D eigenvalue weighted by atomic mass is 16.5. The molecule has 1 aliphatic rings. The van der Waals surface area contributed by atoms with Gasteiger partial charge in [-0.25, -0.2) is 0 Å². The fourth-order valence-corrected chi connectivity index (χ4v) is 3.02. The fourth-order valence-electron chi connectivity index (χ4n) is 3.02. The number of aromatic amines is 1. The monoisotopic (exact) mass is 315 g/mol. The lowest BCUT2D eigenvalue weighted by atomic mass is 9.98. The Bertz CT molecular complexity index is 689. The van der Waals surface area contributed by atoms with Gasteiger partial charge in [-0.1, -0.05) is 0 Å². The van der Waals surface area contributed by atoms with Crippen molar-refractivity contribution in [1.82, 2.24) is 15.1 Å². The summed E-state index contributed by atoms with van der Waals surface area (Å²) in [6, 6.07) is 5.89. The number of benzene rings is 1. The number of nitrogens with zero attached hydrogens (tertiary/aromatic N) is 2. The molecule has 0 bridgehead atoms. The summed E-state index contributed by atoms with van der Waals surface area (Å²) >= 11 is 0. The SMILES string of the molecule is COc1cc(OC)cc([C@H]2CCN(C(=O)c3cn[nH]c3C)C2)c1. The molecule has 6 heteroatoms. The van der Waals surface area contributed by atoms with Crippen molar-refractivity contribution in [3.8, 4) is 11.5 Å². The van der Waals surface area contributed by atoms with Crippen molar-refractivity contribution in [3.05, 3.63) is 41.2 Å². The molecule has 1 saturated heterocycles. The second kappa shape index (κ2) is 6.32. The number of hydrogen-bond donors (Lipinski definition) is 1. The summed E-state index contributed by atoms with van der Waals surface area (Å²) < 4.78 is 10.7. The first-order valence-electron chi connectivity index (χ1n) is 7.64. The van der Waals surface area contributed by atoms with Gasteiger partial charge in [-0.3, -0.25) is 9.89 Å². The zero-order chi connectivity index (χ0) is 16.4. The first kappa shape index (κ1) is 15.4. The lowest BCUT2D eigenvalue weighted by molar-refractivity contribution is 0.0790. The van der Waals surface area contributed by atoms with Crippen LogP contribution in [0.2, 0.25) is 0 Å². The van der Waals surface area contributed by atoms with Crippen LogP contribution in [-0.4, -0.2) is 48.3 Å². The fraction of sp³-hybridized carbons (Fsp3) is 0.412. The van der Waals surface area contributed by atoms with Crippen molar-refractivity contribution < 1.29 is 14.3 Å². The quantitative estimate of drug-likeness (QED) is 0.940. The van der Waals surface area contributed by atoms with Crippen molar-refractivity contribution in [2.45, 2.75) is 19.3 Å². The molecule has 3 rings (SSSR count). The van der Waals surface area contributed by atoms with E-state index in [1.165, 1.54) is 0 Å². The van der Waals surface area contributed by atoms with Crippen LogP contribution in [0.15, 0.2) is 24.4 Å². The van der Waals surface area contributed by atoms with Gasteiger partial charge in [-0.15, -0.1) is 0 Å². The molecule has 0 saturated carbocycles. The molecule has 0 radical (unpaired) electrons. The highest BCUT2D eigenvalue weighted by Gasteiger charge is 2.29. The molecule has 1 N–H and O–H groups in total. The van der Waals surface area contributed by atoms with E-state index in [9.17, 15) is 4.79 Å². The van der Waals surface area contributed by atoms with E-state index in [1.54, 1.807) is 20.4 Å². The number of H-pyrrole nitrogens is 1. The normalized spacial score (nSPS) is 17.3. The van der Waals surface area contributed by atoms with Crippen LogP contribution >= 0.6 is 0 Å². The number of aryl methyl sites for hydroxylation is 1. The van der Waals surface area contributed by atoms with Gasteiger partial charge in [-0.05, 0) is 31.0 Å². The van der Waals surface area contributed by atoms with Gasteiger partial charge in [0.1, 0.15) is 11.5 Å². The third kappa shape index (κ3) is 3.02. The number of methoxy groups -OCH3 is 2. The lowest BCUT2D eigenvalue weighted by Crippen LogP contribution is -2.28. The maximum Gasteiger partial charge on any atom is 0.257 e. The van der Waals surface area contributed by atoms with E-state index < -0.39 is 0 Å². The third-order valence-electron chi connectivity index (χ3n) is 4.38. The number of carbonyl (C=O) groups excluding carboxylic acids is 1. The number of amides is 1. The highest BCUT2D eigenvalue weighted by molar-refractivity contribution is 5.95. The first-order valence-corrected chi connectivity index (χ1v) is 7.64. The molecule has 1 aliphatic heterocycles. The number of rotatable bonds is 4. The average molecular weight is 315 g/mol. The topological polar surface area (TPSA) is 67.5 Å². The van der Waals surface area contributed by atoms with Crippen LogP contribution in [0.1, 0.15) is 34.0 Å². The maximum atomic E-state index is 12.6. The first-order chi connectivity index (χ1) is 11.1. The van der Waals surface area contributed by atoms with Crippen LogP contribution in [0.3, 0.4) is 0 Å². The molecule has 1 amide bonds. The molecule has 0 spiro atoms. The summed E-state index contributed by atoms with van der Waals surface area (Å²) in [5.74, 6) is 1.87. The van der Waals surface area contributed by atoms with Gasteiger partial charge in [0, 0.05) is 30.8 Å². The van der Waals surface area contributed by atoms with Crippen molar-refractivity contribution in [2.24, 2.45) is 0 Å². The van der Waals surface area contributed by atoms with Gasteiger partial charge in [0.25, 0.3) is 5.91 Å². The summed E-state index contributed by atoms with van der Waals surface area (Å²) in [6.07, 6.45) is 2.53. The van der Waals surface area contributed by atoms with Gasteiger partial charge in [-0.2, -0.15) is 5.10 Å². The Morgan fingerprint density at radius 3 is 2.52 bits per heavy atom. The molecule has 2 aromatic rings. The molecular weight excluding hydrogens is 294 g/mol. The van der Waals surface area contributed by atoms with E-state index in [-0.39, 0.29) is 11.8 Å². The van der Waals surface area contributed by atoms with Crippen molar-refractivity contribution in [2.75, 3.05) is 27.3 Å². The number of nitrogens with one attached hydrogen (secondary N) is 1. The zero-order valence-electron chi connectivity index (χ0n) is 13.6. The molecule has 1 aromatic heterocycles. The number of carbonyl (C=O) groups is 1. The zero-order valence-corrected chi connectivity index (χ0v) is 13.6. The Labute approximate surface area is 135 Å². The second-order valence-electron chi connectivity index (χ2n) is 5.79. The largest absolute Gasteiger partial charge is 0.497 e. The van der Waals surface area contributed by atoms with Crippen LogP contribution in [0.25, 0.3) is 0 Å². The minimum Gasteiger partial charge on any atom is -0.497 e. The van der Waals surface area contributed by atoms with Crippen LogP contribution in [0, 0.1) is 6.92 Å². The number of aromatic nitrogens is 2. The van der Waals surface area contributed by atoms with Gasteiger partial charge in [0.05, 0.1) is 26.0 Å². The van der Waals surface area contributed by atoms with E-state index >= 15 is 0 Å². The van der Waals surface area contributed by atoms with Crippen LogP contribution in [0.4, 0.5) is 0 Å². The van der Waals surface area contributed by atoms with E-state index in [0.29, 0.717) is 12.1 Å². The maximum absolute atomic E-state index is 12.6. The Morgan fingerprint density at radius 2 is 1.96 bits per heavy atom. The minimum atomic E-state index is 0.0358. The summed E-state index contributed by atoms with van der Waals surface area (Å²) in [6.45, 7) is 3.30. The van der Waals surface area contributed by atoms with Crippen LogP contribution < -0.4 is 9.47 Å². The summed E-state index contributed by atoms with van der Waals surface area (Å²) in [4.78, 5) is 14.5. The Hall–Kier alpha value is -2.50. The highest BCUT2D eigenvalue weighted by Crippen LogP contribution is 2.33. The summed E-state index contributed by atoms with van der Waals surface area (Å²) in [7, 11) is 3.29. The number of ether oxygens (including phenoxy) is 2. The molecule has 23 heavy (non-hydrogen) atoms. The van der Waals surface area contributed by atoms with Crippen molar-refractivity contribution in [1.29, 1.82) is 0 Å². The van der Waals surface area contributed by atoms with E-state index in [2.05, 4.69) is 10.2 Å².